The lowest BCUT2D eigenvalue weighted by Crippen LogP contribution is -2.24. The predicted molar refractivity (Wildman–Crippen MR) is 71.7 cm³/mol. The maximum absolute atomic E-state index is 5.79. The third-order valence-electron chi connectivity index (χ3n) is 4.00. The minimum atomic E-state index is 0.361. The molecule has 3 heteroatoms. The van der Waals surface area contributed by atoms with Crippen molar-refractivity contribution >= 4 is 5.69 Å². The van der Waals surface area contributed by atoms with Crippen LogP contribution in [0.4, 0.5) is 5.69 Å². The van der Waals surface area contributed by atoms with E-state index in [0.29, 0.717) is 5.41 Å². The minimum absolute atomic E-state index is 0.361. The summed E-state index contributed by atoms with van der Waals surface area (Å²) in [4.78, 5) is 0. The zero-order valence-electron chi connectivity index (χ0n) is 11.0. The molecule has 0 atom stereocenters. The summed E-state index contributed by atoms with van der Waals surface area (Å²) in [7, 11) is 1.71. The van der Waals surface area contributed by atoms with E-state index in [1.807, 2.05) is 6.07 Å². The van der Waals surface area contributed by atoms with Gasteiger partial charge in [0, 0.05) is 12.2 Å². The lowest BCUT2D eigenvalue weighted by atomic mass is 10.0. The normalized spacial score (nSPS) is 16.7. The molecule has 0 radical (unpaired) electrons. The average Bonchev–Trinajstić information content (AvgIpc) is 3.12. The highest BCUT2D eigenvalue weighted by atomic mass is 16.5. The predicted octanol–water partition coefficient (Wildman–Crippen LogP) is 2.46. The van der Waals surface area contributed by atoms with Crippen LogP contribution in [0.1, 0.15) is 24.0 Å². The van der Waals surface area contributed by atoms with Crippen molar-refractivity contribution in [1.29, 1.82) is 0 Å². The maximum Gasteiger partial charge on any atom is 0.122 e. The summed E-state index contributed by atoms with van der Waals surface area (Å²) in [6.07, 6.45) is 2.51. The Morgan fingerprint density at radius 1 is 1.29 bits per heavy atom. The molecular weight excluding hydrogens is 212 g/mol. The SMILES string of the molecule is COc1ccc(NCC2(CN)CC2)c(C)c1C. The van der Waals surface area contributed by atoms with Gasteiger partial charge in [-0.05, 0) is 61.9 Å². The first-order valence-electron chi connectivity index (χ1n) is 6.20. The van der Waals surface area contributed by atoms with E-state index in [9.17, 15) is 0 Å². The Bertz CT molecular complexity index is 411. The number of benzene rings is 1. The molecule has 0 aromatic heterocycles. The van der Waals surface area contributed by atoms with Crippen molar-refractivity contribution in [2.24, 2.45) is 11.1 Å². The first-order valence-corrected chi connectivity index (χ1v) is 6.20. The summed E-state index contributed by atoms with van der Waals surface area (Å²) in [6, 6.07) is 4.11. The second kappa shape index (κ2) is 4.57. The van der Waals surface area contributed by atoms with E-state index >= 15 is 0 Å². The minimum Gasteiger partial charge on any atom is -0.496 e. The van der Waals surface area contributed by atoms with Gasteiger partial charge >= 0.3 is 0 Å². The van der Waals surface area contributed by atoms with Gasteiger partial charge in [0.25, 0.3) is 0 Å². The van der Waals surface area contributed by atoms with Crippen LogP contribution < -0.4 is 15.8 Å². The lowest BCUT2D eigenvalue weighted by molar-refractivity contribution is 0.411. The molecule has 1 aromatic rings. The average molecular weight is 234 g/mol. The number of nitrogens with two attached hydrogens (primary N) is 1. The third-order valence-corrected chi connectivity index (χ3v) is 4.00. The van der Waals surface area contributed by atoms with E-state index < -0.39 is 0 Å². The number of ether oxygens (including phenoxy) is 1. The molecule has 1 aliphatic rings. The van der Waals surface area contributed by atoms with Gasteiger partial charge in [-0.15, -0.1) is 0 Å². The standard InChI is InChI=1S/C14H22N2O/c1-10-11(2)13(17-3)5-4-12(10)16-9-14(8-15)6-7-14/h4-5,16H,6-9,15H2,1-3H3. The Balaban J connectivity index is 2.09. The van der Waals surface area contributed by atoms with Crippen molar-refractivity contribution in [3.63, 3.8) is 0 Å². The molecule has 0 bridgehead atoms. The van der Waals surface area contributed by atoms with Gasteiger partial charge in [0.15, 0.2) is 0 Å². The van der Waals surface area contributed by atoms with E-state index in [2.05, 4.69) is 25.2 Å². The van der Waals surface area contributed by atoms with Gasteiger partial charge < -0.3 is 15.8 Å². The third kappa shape index (κ3) is 2.39. The molecule has 1 aliphatic carbocycles. The topological polar surface area (TPSA) is 47.3 Å². The van der Waals surface area contributed by atoms with Crippen LogP contribution in [0.15, 0.2) is 12.1 Å². The molecule has 3 nitrogen and oxygen atoms in total. The van der Waals surface area contributed by atoms with Crippen LogP contribution in [0.2, 0.25) is 0 Å². The number of methoxy groups -OCH3 is 1. The maximum atomic E-state index is 5.79. The molecule has 0 aliphatic heterocycles. The molecule has 3 N–H and O–H groups in total. The van der Waals surface area contributed by atoms with Crippen LogP contribution in [0.25, 0.3) is 0 Å². The molecule has 0 saturated heterocycles. The summed E-state index contributed by atoms with van der Waals surface area (Å²) >= 11 is 0. The number of hydrogen-bond acceptors (Lipinski definition) is 3. The van der Waals surface area contributed by atoms with Crippen molar-refractivity contribution in [3.8, 4) is 5.75 Å². The summed E-state index contributed by atoms with van der Waals surface area (Å²) in [6.45, 7) is 5.99. The Morgan fingerprint density at radius 2 is 2.00 bits per heavy atom. The van der Waals surface area contributed by atoms with Gasteiger partial charge in [-0.25, -0.2) is 0 Å². The number of anilines is 1. The summed E-state index contributed by atoms with van der Waals surface area (Å²) < 4.78 is 5.31. The molecule has 2 rings (SSSR count). The monoisotopic (exact) mass is 234 g/mol. The van der Waals surface area contributed by atoms with Crippen LogP contribution in [0.5, 0.6) is 5.75 Å². The molecule has 1 aromatic carbocycles. The van der Waals surface area contributed by atoms with Gasteiger partial charge in [-0.3, -0.25) is 0 Å². The van der Waals surface area contributed by atoms with Gasteiger partial charge in [-0.1, -0.05) is 0 Å². The van der Waals surface area contributed by atoms with Crippen molar-refractivity contribution in [3.05, 3.63) is 23.3 Å². The van der Waals surface area contributed by atoms with Crippen LogP contribution in [0.3, 0.4) is 0 Å². The molecule has 0 unspecified atom stereocenters. The van der Waals surface area contributed by atoms with Crippen molar-refractivity contribution in [1.82, 2.24) is 0 Å². The zero-order valence-corrected chi connectivity index (χ0v) is 11.0. The second-order valence-corrected chi connectivity index (χ2v) is 5.12. The summed E-state index contributed by atoms with van der Waals surface area (Å²) in [5.74, 6) is 0.952. The quantitative estimate of drug-likeness (QED) is 0.822. The Kier molecular flexibility index (Phi) is 3.29. The Morgan fingerprint density at radius 3 is 2.53 bits per heavy atom. The van der Waals surface area contributed by atoms with Crippen molar-refractivity contribution < 1.29 is 4.74 Å². The Hall–Kier alpha value is -1.22. The zero-order chi connectivity index (χ0) is 12.5. The van der Waals surface area contributed by atoms with E-state index in [1.54, 1.807) is 7.11 Å². The van der Waals surface area contributed by atoms with Crippen LogP contribution in [0, 0.1) is 19.3 Å². The first kappa shape index (κ1) is 12.2. The molecule has 94 valence electrons. The molecule has 1 fully saturated rings. The highest BCUT2D eigenvalue weighted by Crippen LogP contribution is 2.44. The highest BCUT2D eigenvalue weighted by Gasteiger charge is 2.40. The fourth-order valence-electron chi connectivity index (χ4n) is 2.12. The van der Waals surface area contributed by atoms with E-state index in [-0.39, 0.29) is 0 Å². The molecular formula is C14H22N2O. The van der Waals surface area contributed by atoms with Crippen LogP contribution in [-0.2, 0) is 0 Å². The van der Waals surface area contributed by atoms with Gasteiger partial charge in [0.05, 0.1) is 7.11 Å². The number of rotatable bonds is 5. The summed E-state index contributed by atoms with van der Waals surface area (Å²) in [5.41, 5.74) is 9.81. The number of hydrogen-bond donors (Lipinski definition) is 2. The van der Waals surface area contributed by atoms with Crippen molar-refractivity contribution in [2.45, 2.75) is 26.7 Å². The van der Waals surface area contributed by atoms with Crippen molar-refractivity contribution in [2.75, 3.05) is 25.5 Å². The molecule has 0 spiro atoms. The van der Waals surface area contributed by atoms with E-state index in [0.717, 1.165) is 18.8 Å². The Labute approximate surface area is 103 Å². The van der Waals surface area contributed by atoms with Crippen LogP contribution in [-0.4, -0.2) is 20.2 Å². The first-order chi connectivity index (χ1) is 8.12. The number of nitrogens with one attached hydrogen (secondary N) is 1. The fraction of sp³-hybridized carbons (Fsp3) is 0.571. The van der Waals surface area contributed by atoms with Gasteiger partial charge in [0.2, 0.25) is 0 Å². The fourth-order valence-corrected chi connectivity index (χ4v) is 2.12. The summed E-state index contributed by atoms with van der Waals surface area (Å²) in [5, 5.41) is 3.52. The molecule has 0 amide bonds. The smallest absolute Gasteiger partial charge is 0.122 e. The lowest BCUT2D eigenvalue weighted by Gasteiger charge is -2.18. The van der Waals surface area contributed by atoms with E-state index in [4.69, 9.17) is 10.5 Å². The second-order valence-electron chi connectivity index (χ2n) is 5.12. The molecule has 0 heterocycles. The van der Waals surface area contributed by atoms with Gasteiger partial charge in [0.1, 0.15) is 5.75 Å². The molecule has 17 heavy (non-hydrogen) atoms. The van der Waals surface area contributed by atoms with Crippen LogP contribution >= 0.6 is 0 Å². The largest absolute Gasteiger partial charge is 0.496 e. The van der Waals surface area contributed by atoms with Gasteiger partial charge in [-0.2, -0.15) is 0 Å². The molecule has 1 saturated carbocycles. The highest BCUT2D eigenvalue weighted by molar-refractivity contribution is 5.58. The van der Waals surface area contributed by atoms with E-state index in [1.165, 1.54) is 29.7 Å².